The van der Waals surface area contributed by atoms with Crippen LogP contribution in [-0.4, -0.2) is 5.75 Å². The number of allylic oxidation sites excluding steroid dienone is 2. The molecule has 0 aromatic rings. The first-order valence-electron chi connectivity index (χ1n) is 5.37. The average molecular weight is 196 g/mol. The molecule has 0 spiro atoms. The van der Waals surface area contributed by atoms with Crippen molar-refractivity contribution in [3.05, 3.63) is 11.0 Å². The van der Waals surface area contributed by atoms with Crippen LogP contribution in [0.15, 0.2) is 11.0 Å². The van der Waals surface area contributed by atoms with Crippen molar-refractivity contribution in [1.29, 1.82) is 0 Å². The molecule has 2 bridgehead atoms. The van der Waals surface area contributed by atoms with Crippen LogP contribution >= 0.6 is 11.8 Å². The lowest BCUT2D eigenvalue weighted by molar-refractivity contribution is 0.179. The Morgan fingerprint density at radius 3 is 2.54 bits per heavy atom. The Bertz CT molecular complexity index is 252. The Hall–Kier alpha value is 0.0900. The van der Waals surface area contributed by atoms with Gasteiger partial charge in [-0.15, -0.1) is 11.8 Å². The highest BCUT2D eigenvalue weighted by Crippen LogP contribution is 2.67. The predicted molar refractivity (Wildman–Crippen MR) is 60.8 cm³/mol. The number of hydrogen-bond donors (Lipinski definition) is 0. The summed E-state index contributed by atoms with van der Waals surface area (Å²) in [6, 6.07) is 0. The molecule has 2 aliphatic carbocycles. The Balaban J connectivity index is 2.32. The van der Waals surface area contributed by atoms with Gasteiger partial charge in [-0.25, -0.2) is 0 Å². The molecular weight excluding hydrogens is 176 g/mol. The number of fused-ring (bicyclic) bond motifs is 2. The lowest BCUT2D eigenvalue weighted by Gasteiger charge is -2.37. The maximum absolute atomic E-state index is 2.55. The molecule has 0 saturated heterocycles. The van der Waals surface area contributed by atoms with Gasteiger partial charge in [0.25, 0.3) is 0 Å². The summed E-state index contributed by atoms with van der Waals surface area (Å²) < 4.78 is 0. The van der Waals surface area contributed by atoms with Crippen molar-refractivity contribution in [2.45, 2.75) is 40.5 Å². The molecular formula is C12H20S. The molecule has 0 heterocycles. The van der Waals surface area contributed by atoms with E-state index < -0.39 is 0 Å². The second-order valence-corrected chi connectivity index (χ2v) is 6.47. The highest BCUT2D eigenvalue weighted by Gasteiger charge is 2.56. The minimum absolute atomic E-state index is 0.498. The molecule has 0 N–H and O–H groups in total. The number of thioether (sulfide) groups is 1. The summed E-state index contributed by atoms with van der Waals surface area (Å²) in [6.07, 6.45) is 5.37. The van der Waals surface area contributed by atoms with Crippen molar-refractivity contribution < 1.29 is 0 Å². The molecule has 2 rings (SSSR count). The summed E-state index contributed by atoms with van der Waals surface area (Å²) in [4.78, 5) is 1.68. The molecule has 13 heavy (non-hydrogen) atoms. The van der Waals surface area contributed by atoms with Gasteiger partial charge in [0.1, 0.15) is 0 Å². The van der Waals surface area contributed by atoms with Gasteiger partial charge in [-0.2, -0.15) is 0 Å². The van der Waals surface area contributed by atoms with Gasteiger partial charge in [-0.1, -0.05) is 33.8 Å². The van der Waals surface area contributed by atoms with Gasteiger partial charge in [0, 0.05) is 5.41 Å². The van der Waals surface area contributed by atoms with Crippen LogP contribution in [0.3, 0.4) is 0 Å². The molecule has 0 amide bonds. The van der Waals surface area contributed by atoms with E-state index in [9.17, 15) is 0 Å². The summed E-state index contributed by atoms with van der Waals surface area (Å²) in [5.41, 5.74) is 1.02. The first-order chi connectivity index (χ1) is 6.02. The normalized spacial score (nSPS) is 40.9. The summed E-state index contributed by atoms with van der Waals surface area (Å²) in [5.74, 6) is 2.08. The van der Waals surface area contributed by atoms with E-state index in [0.717, 1.165) is 5.92 Å². The Morgan fingerprint density at radius 2 is 2.15 bits per heavy atom. The quantitative estimate of drug-likeness (QED) is 0.641. The highest BCUT2D eigenvalue weighted by molar-refractivity contribution is 8.03. The van der Waals surface area contributed by atoms with Crippen LogP contribution in [0.4, 0.5) is 0 Å². The van der Waals surface area contributed by atoms with Gasteiger partial charge in [0.15, 0.2) is 0 Å². The van der Waals surface area contributed by atoms with Crippen LogP contribution < -0.4 is 0 Å². The van der Waals surface area contributed by atoms with Crippen molar-refractivity contribution in [2.75, 3.05) is 5.75 Å². The SMILES string of the molecule is CCSC1=CC2CC[C@]1(C)C2(C)C. The average Bonchev–Trinajstić information content (AvgIpc) is 2.37. The van der Waals surface area contributed by atoms with Crippen molar-refractivity contribution in [3.63, 3.8) is 0 Å². The second-order valence-electron chi connectivity index (χ2n) is 5.16. The maximum atomic E-state index is 2.55. The van der Waals surface area contributed by atoms with E-state index in [0.29, 0.717) is 10.8 Å². The third-order valence-electron chi connectivity index (χ3n) is 4.50. The van der Waals surface area contributed by atoms with Crippen molar-refractivity contribution in [3.8, 4) is 0 Å². The van der Waals surface area contributed by atoms with Gasteiger partial charge < -0.3 is 0 Å². The molecule has 1 fully saturated rings. The van der Waals surface area contributed by atoms with E-state index in [1.165, 1.54) is 18.6 Å². The zero-order valence-electron chi connectivity index (χ0n) is 9.18. The van der Waals surface area contributed by atoms with Gasteiger partial charge in [0.05, 0.1) is 0 Å². The van der Waals surface area contributed by atoms with Gasteiger partial charge in [-0.3, -0.25) is 0 Å². The molecule has 2 aliphatic rings. The smallest absolute Gasteiger partial charge is 0.00383 e. The highest BCUT2D eigenvalue weighted by atomic mass is 32.2. The van der Waals surface area contributed by atoms with E-state index in [-0.39, 0.29) is 0 Å². The minimum atomic E-state index is 0.498. The molecule has 1 unspecified atom stereocenters. The van der Waals surface area contributed by atoms with E-state index in [1.807, 2.05) is 0 Å². The first-order valence-corrected chi connectivity index (χ1v) is 6.36. The summed E-state index contributed by atoms with van der Waals surface area (Å²) >= 11 is 2.06. The molecule has 0 nitrogen and oxygen atoms in total. The van der Waals surface area contributed by atoms with Gasteiger partial charge in [-0.05, 0) is 34.8 Å². The fourth-order valence-corrected chi connectivity index (χ4v) is 4.25. The monoisotopic (exact) mass is 196 g/mol. The van der Waals surface area contributed by atoms with E-state index in [4.69, 9.17) is 0 Å². The maximum Gasteiger partial charge on any atom is 0.00383 e. The van der Waals surface area contributed by atoms with Crippen molar-refractivity contribution in [1.82, 2.24) is 0 Å². The summed E-state index contributed by atoms with van der Waals surface area (Å²) in [6.45, 7) is 9.62. The van der Waals surface area contributed by atoms with Gasteiger partial charge >= 0.3 is 0 Å². The molecule has 74 valence electrons. The topological polar surface area (TPSA) is 0 Å². The van der Waals surface area contributed by atoms with Crippen LogP contribution in [0, 0.1) is 16.7 Å². The van der Waals surface area contributed by atoms with E-state index in [2.05, 4.69) is 45.5 Å². The van der Waals surface area contributed by atoms with E-state index >= 15 is 0 Å². The fourth-order valence-electron chi connectivity index (χ4n) is 3.00. The third kappa shape index (κ3) is 1.06. The Labute approximate surface area is 86.2 Å². The van der Waals surface area contributed by atoms with Crippen LogP contribution in [-0.2, 0) is 0 Å². The first kappa shape index (κ1) is 9.64. The Kier molecular flexibility index (Phi) is 2.07. The molecule has 1 heteroatoms. The van der Waals surface area contributed by atoms with Crippen LogP contribution in [0.2, 0.25) is 0 Å². The van der Waals surface area contributed by atoms with Crippen LogP contribution in [0.5, 0.6) is 0 Å². The second kappa shape index (κ2) is 2.79. The molecule has 2 atom stereocenters. The van der Waals surface area contributed by atoms with Crippen LogP contribution in [0.25, 0.3) is 0 Å². The zero-order valence-corrected chi connectivity index (χ0v) is 10.0. The summed E-state index contributed by atoms with van der Waals surface area (Å²) in [5, 5.41) is 0. The number of rotatable bonds is 2. The third-order valence-corrected chi connectivity index (χ3v) is 5.69. The molecule has 0 aromatic heterocycles. The lowest BCUT2D eigenvalue weighted by Crippen LogP contribution is -2.29. The largest absolute Gasteiger partial charge is 0.131 e. The van der Waals surface area contributed by atoms with E-state index in [1.54, 1.807) is 4.91 Å². The van der Waals surface area contributed by atoms with Crippen LogP contribution in [0.1, 0.15) is 40.5 Å². The predicted octanol–water partition coefficient (Wildman–Crippen LogP) is 4.08. The molecule has 1 saturated carbocycles. The summed E-state index contributed by atoms with van der Waals surface area (Å²) in [7, 11) is 0. The molecule has 0 aliphatic heterocycles. The van der Waals surface area contributed by atoms with Crippen molar-refractivity contribution >= 4 is 11.8 Å². The number of hydrogen-bond acceptors (Lipinski definition) is 1. The molecule has 0 radical (unpaired) electrons. The van der Waals surface area contributed by atoms with Gasteiger partial charge in [0.2, 0.25) is 0 Å². The molecule has 0 aromatic carbocycles. The van der Waals surface area contributed by atoms with Crippen molar-refractivity contribution in [2.24, 2.45) is 16.7 Å². The minimum Gasteiger partial charge on any atom is -0.131 e. The fraction of sp³-hybridized carbons (Fsp3) is 0.833. The standard InChI is InChI=1S/C12H20S/c1-5-13-10-8-9-6-7-12(10,4)11(9,2)3/h8-9H,5-7H2,1-4H3/t9?,12-/m0/s1. The Morgan fingerprint density at radius 1 is 1.46 bits per heavy atom. The zero-order chi connectivity index (χ0) is 9.69. The lowest BCUT2D eigenvalue weighted by atomic mass is 9.70.